The molecule has 1 atom stereocenters. The maximum atomic E-state index is 3.79. The first-order valence-electron chi connectivity index (χ1n) is 4.96. The summed E-state index contributed by atoms with van der Waals surface area (Å²) in [6.07, 6.45) is 10.1. The second-order valence-corrected chi connectivity index (χ2v) is 3.32. The van der Waals surface area contributed by atoms with Crippen molar-refractivity contribution in [3.05, 3.63) is 12.7 Å². The second kappa shape index (κ2) is 7.84. The Morgan fingerprint density at radius 2 is 1.91 bits per heavy atom. The highest BCUT2D eigenvalue weighted by Gasteiger charge is 2.03. The first-order chi connectivity index (χ1) is 5.35. The minimum atomic E-state index is 0.914. The SMILES string of the molecule is C=CCC(CCC)CCCC. The fraction of sp³-hybridized carbons (Fsp3) is 0.818. The van der Waals surface area contributed by atoms with Gasteiger partial charge in [0.25, 0.3) is 0 Å². The average molecular weight is 154 g/mol. The van der Waals surface area contributed by atoms with Crippen LogP contribution in [0, 0.1) is 5.92 Å². The van der Waals surface area contributed by atoms with Crippen molar-refractivity contribution in [2.45, 2.75) is 52.4 Å². The summed E-state index contributed by atoms with van der Waals surface area (Å²) in [7, 11) is 0. The fourth-order valence-corrected chi connectivity index (χ4v) is 1.52. The van der Waals surface area contributed by atoms with Gasteiger partial charge in [-0.2, -0.15) is 0 Å². The topological polar surface area (TPSA) is 0 Å². The lowest BCUT2D eigenvalue weighted by molar-refractivity contribution is 0.434. The van der Waals surface area contributed by atoms with E-state index in [1.54, 1.807) is 0 Å². The van der Waals surface area contributed by atoms with Crippen molar-refractivity contribution >= 4 is 0 Å². The van der Waals surface area contributed by atoms with E-state index in [1.807, 2.05) is 0 Å². The molecule has 0 aliphatic carbocycles. The van der Waals surface area contributed by atoms with E-state index in [2.05, 4.69) is 26.5 Å². The molecule has 0 nitrogen and oxygen atoms in total. The summed E-state index contributed by atoms with van der Waals surface area (Å²) in [5.74, 6) is 0.914. The Hall–Kier alpha value is -0.260. The van der Waals surface area contributed by atoms with Crippen LogP contribution in [-0.2, 0) is 0 Å². The molecule has 0 aliphatic rings. The highest BCUT2D eigenvalue weighted by atomic mass is 14.1. The highest BCUT2D eigenvalue weighted by Crippen LogP contribution is 2.18. The maximum Gasteiger partial charge on any atom is -0.0325 e. The Labute approximate surface area is 71.7 Å². The van der Waals surface area contributed by atoms with Crippen molar-refractivity contribution in [3.63, 3.8) is 0 Å². The Kier molecular flexibility index (Phi) is 7.66. The molecule has 0 spiro atoms. The summed E-state index contributed by atoms with van der Waals surface area (Å²) in [6, 6.07) is 0. The van der Waals surface area contributed by atoms with E-state index >= 15 is 0 Å². The first-order valence-corrected chi connectivity index (χ1v) is 4.96. The summed E-state index contributed by atoms with van der Waals surface area (Å²) in [5, 5.41) is 0. The molecule has 0 aromatic carbocycles. The average Bonchev–Trinajstić information content (AvgIpc) is 2.01. The monoisotopic (exact) mass is 154 g/mol. The Balaban J connectivity index is 3.41. The normalized spacial score (nSPS) is 12.9. The smallest absolute Gasteiger partial charge is 0.0325 e. The van der Waals surface area contributed by atoms with Crippen LogP contribution in [0.1, 0.15) is 52.4 Å². The van der Waals surface area contributed by atoms with Crippen molar-refractivity contribution in [2.24, 2.45) is 5.92 Å². The molecule has 0 fully saturated rings. The minimum Gasteiger partial charge on any atom is -0.103 e. The van der Waals surface area contributed by atoms with Crippen LogP contribution in [0.5, 0.6) is 0 Å². The first kappa shape index (κ1) is 10.7. The van der Waals surface area contributed by atoms with Gasteiger partial charge in [0.05, 0.1) is 0 Å². The van der Waals surface area contributed by atoms with Crippen LogP contribution in [0.3, 0.4) is 0 Å². The van der Waals surface area contributed by atoms with Crippen molar-refractivity contribution < 1.29 is 0 Å². The van der Waals surface area contributed by atoms with E-state index in [4.69, 9.17) is 0 Å². The summed E-state index contributed by atoms with van der Waals surface area (Å²) >= 11 is 0. The number of rotatable bonds is 7. The van der Waals surface area contributed by atoms with E-state index in [0.29, 0.717) is 0 Å². The second-order valence-electron chi connectivity index (χ2n) is 3.32. The predicted octanol–water partition coefficient (Wildman–Crippen LogP) is 4.17. The van der Waals surface area contributed by atoms with Crippen LogP contribution < -0.4 is 0 Å². The molecular weight excluding hydrogens is 132 g/mol. The van der Waals surface area contributed by atoms with Gasteiger partial charge in [-0.05, 0) is 12.3 Å². The van der Waals surface area contributed by atoms with Gasteiger partial charge < -0.3 is 0 Å². The molecule has 0 amide bonds. The lowest BCUT2D eigenvalue weighted by Crippen LogP contribution is -1.97. The largest absolute Gasteiger partial charge is 0.103 e. The maximum absolute atomic E-state index is 3.79. The molecule has 0 saturated heterocycles. The zero-order chi connectivity index (χ0) is 8.53. The molecule has 0 heteroatoms. The molecule has 0 aliphatic heterocycles. The van der Waals surface area contributed by atoms with Crippen LogP contribution in [0.25, 0.3) is 0 Å². The number of hydrogen-bond donors (Lipinski definition) is 0. The molecule has 66 valence electrons. The van der Waals surface area contributed by atoms with Crippen molar-refractivity contribution in [2.75, 3.05) is 0 Å². The lowest BCUT2D eigenvalue weighted by atomic mass is 9.94. The summed E-state index contributed by atoms with van der Waals surface area (Å²) in [5.41, 5.74) is 0. The number of unbranched alkanes of at least 4 members (excludes halogenated alkanes) is 1. The molecule has 0 aromatic heterocycles. The Morgan fingerprint density at radius 1 is 1.18 bits per heavy atom. The fourth-order valence-electron chi connectivity index (χ4n) is 1.52. The minimum absolute atomic E-state index is 0.914. The van der Waals surface area contributed by atoms with Gasteiger partial charge in [0, 0.05) is 0 Å². The van der Waals surface area contributed by atoms with Crippen LogP contribution in [-0.4, -0.2) is 0 Å². The van der Waals surface area contributed by atoms with Crippen molar-refractivity contribution in [3.8, 4) is 0 Å². The van der Waals surface area contributed by atoms with Crippen molar-refractivity contribution in [1.29, 1.82) is 0 Å². The van der Waals surface area contributed by atoms with Crippen molar-refractivity contribution in [1.82, 2.24) is 0 Å². The standard InChI is InChI=1S/C11H22/c1-4-7-10-11(8-5-2)9-6-3/h5,11H,2,4,6-10H2,1,3H3. The van der Waals surface area contributed by atoms with Crippen LogP contribution in [0.15, 0.2) is 12.7 Å². The Morgan fingerprint density at radius 3 is 2.36 bits per heavy atom. The molecule has 0 heterocycles. The van der Waals surface area contributed by atoms with Gasteiger partial charge in [-0.3, -0.25) is 0 Å². The molecule has 0 aromatic rings. The quantitative estimate of drug-likeness (QED) is 0.483. The molecule has 0 N–H and O–H groups in total. The lowest BCUT2D eigenvalue weighted by Gasteiger charge is -2.12. The zero-order valence-corrected chi connectivity index (χ0v) is 8.10. The van der Waals surface area contributed by atoms with Gasteiger partial charge in [0.1, 0.15) is 0 Å². The van der Waals surface area contributed by atoms with Gasteiger partial charge in [0.15, 0.2) is 0 Å². The van der Waals surface area contributed by atoms with E-state index in [-0.39, 0.29) is 0 Å². The van der Waals surface area contributed by atoms with Gasteiger partial charge in [-0.25, -0.2) is 0 Å². The third-order valence-electron chi connectivity index (χ3n) is 2.16. The van der Waals surface area contributed by atoms with E-state index < -0.39 is 0 Å². The predicted molar refractivity (Wildman–Crippen MR) is 52.7 cm³/mol. The molecule has 0 radical (unpaired) electrons. The molecule has 11 heavy (non-hydrogen) atoms. The molecule has 0 saturated carbocycles. The van der Waals surface area contributed by atoms with E-state index in [9.17, 15) is 0 Å². The molecule has 0 rings (SSSR count). The highest BCUT2D eigenvalue weighted by molar-refractivity contribution is 4.72. The molecule has 0 bridgehead atoms. The number of hydrogen-bond acceptors (Lipinski definition) is 0. The van der Waals surface area contributed by atoms with E-state index in [1.165, 1.54) is 38.5 Å². The number of allylic oxidation sites excluding steroid dienone is 1. The van der Waals surface area contributed by atoms with Gasteiger partial charge in [-0.1, -0.05) is 52.0 Å². The Bertz CT molecular complexity index is 84.0. The van der Waals surface area contributed by atoms with Crippen LogP contribution >= 0.6 is 0 Å². The third kappa shape index (κ3) is 6.15. The van der Waals surface area contributed by atoms with Crippen LogP contribution in [0.2, 0.25) is 0 Å². The summed E-state index contributed by atoms with van der Waals surface area (Å²) in [4.78, 5) is 0. The van der Waals surface area contributed by atoms with Gasteiger partial charge in [0.2, 0.25) is 0 Å². The third-order valence-corrected chi connectivity index (χ3v) is 2.16. The molecular formula is C11H22. The van der Waals surface area contributed by atoms with E-state index in [0.717, 1.165) is 5.92 Å². The van der Waals surface area contributed by atoms with Gasteiger partial charge >= 0.3 is 0 Å². The van der Waals surface area contributed by atoms with Gasteiger partial charge in [-0.15, -0.1) is 6.58 Å². The molecule has 1 unspecified atom stereocenters. The summed E-state index contributed by atoms with van der Waals surface area (Å²) < 4.78 is 0. The van der Waals surface area contributed by atoms with Crippen LogP contribution in [0.4, 0.5) is 0 Å². The zero-order valence-electron chi connectivity index (χ0n) is 8.10. The summed E-state index contributed by atoms with van der Waals surface area (Å²) in [6.45, 7) is 8.32.